The van der Waals surface area contributed by atoms with Crippen LogP contribution in [-0.2, 0) is 10.1 Å². The second-order valence-corrected chi connectivity index (χ2v) is 8.35. The van der Waals surface area contributed by atoms with Gasteiger partial charge in [0.1, 0.15) is 0 Å². The molecule has 1 amide bonds. The van der Waals surface area contributed by atoms with Gasteiger partial charge in [-0.25, -0.2) is 4.79 Å². The molecule has 1 aliphatic heterocycles. The molecule has 3 rings (SSSR count). The number of rotatable bonds is 2. The Labute approximate surface area is 165 Å². The highest BCUT2D eigenvalue weighted by Gasteiger charge is 2.30. The van der Waals surface area contributed by atoms with E-state index in [0.717, 1.165) is 12.0 Å². The van der Waals surface area contributed by atoms with Gasteiger partial charge in [-0.1, -0.05) is 42.0 Å². The van der Waals surface area contributed by atoms with Crippen molar-refractivity contribution in [2.75, 3.05) is 13.1 Å². The van der Waals surface area contributed by atoms with E-state index < -0.39 is 16.2 Å². The number of hydrogen-bond acceptors (Lipinski definition) is 4. The van der Waals surface area contributed by atoms with Crippen LogP contribution in [0.2, 0.25) is 0 Å². The highest BCUT2D eigenvalue weighted by Crippen LogP contribution is 2.28. The van der Waals surface area contributed by atoms with Gasteiger partial charge < -0.3 is 15.7 Å². The maximum atomic E-state index is 11.0. The summed E-state index contributed by atoms with van der Waals surface area (Å²) in [4.78, 5) is 12.4. The molecule has 1 fully saturated rings. The molecule has 0 spiro atoms. The Morgan fingerprint density at radius 3 is 2.25 bits per heavy atom. The van der Waals surface area contributed by atoms with Crippen molar-refractivity contribution in [2.24, 2.45) is 5.73 Å². The molecule has 2 aromatic carbocycles. The fraction of sp³-hybridized carbons (Fsp3) is 0.350. The molecule has 1 saturated heterocycles. The minimum atomic E-state index is -4.02. The molecule has 152 valence electrons. The highest BCUT2D eigenvalue weighted by molar-refractivity contribution is 7.85. The monoisotopic (exact) mass is 406 g/mol. The Morgan fingerprint density at radius 2 is 1.71 bits per heavy atom. The van der Waals surface area contributed by atoms with Crippen molar-refractivity contribution in [2.45, 2.75) is 37.1 Å². The van der Waals surface area contributed by atoms with Gasteiger partial charge >= 0.3 is 6.09 Å². The summed E-state index contributed by atoms with van der Waals surface area (Å²) >= 11 is 0. The van der Waals surface area contributed by atoms with E-state index in [2.05, 4.69) is 0 Å². The third kappa shape index (κ3) is 5.79. The van der Waals surface area contributed by atoms with E-state index in [0.29, 0.717) is 13.1 Å². The topological polar surface area (TPSA) is 121 Å². The molecule has 0 radical (unpaired) electrons. The van der Waals surface area contributed by atoms with E-state index in [1.807, 2.05) is 38.1 Å². The first-order valence-electron chi connectivity index (χ1n) is 8.92. The first-order valence-corrected chi connectivity index (χ1v) is 10.4. The fourth-order valence-electron chi connectivity index (χ4n) is 3.19. The smallest absolute Gasteiger partial charge is 0.407 e. The number of hydrogen-bond donors (Lipinski definition) is 3. The van der Waals surface area contributed by atoms with Crippen LogP contribution in [0.4, 0.5) is 4.79 Å². The van der Waals surface area contributed by atoms with Gasteiger partial charge in [-0.05, 0) is 43.5 Å². The van der Waals surface area contributed by atoms with E-state index in [1.54, 1.807) is 12.1 Å². The third-order valence-electron chi connectivity index (χ3n) is 4.84. The summed E-state index contributed by atoms with van der Waals surface area (Å²) in [6.07, 6.45) is -0.124. The normalized spacial score (nSPS) is 19.5. The summed E-state index contributed by atoms with van der Waals surface area (Å²) < 4.78 is 29.6. The van der Waals surface area contributed by atoms with Gasteiger partial charge in [0.25, 0.3) is 10.1 Å². The van der Waals surface area contributed by atoms with E-state index in [4.69, 9.17) is 15.4 Å². The van der Waals surface area contributed by atoms with Crippen LogP contribution in [0.3, 0.4) is 0 Å². The lowest BCUT2D eigenvalue weighted by Gasteiger charge is -2.36. The number of nitrogens with zero attached hydrogens (tertiary/aromatic N) is 1. The zero-order valence-electron chi connectivity index (χ0n) is 15.9. The Kier molecular flexibility index (Phi) is 7.17. The van der Waals surface area contributed by atoms with Crippen LogP contribution in [-0.4, -0.2) is 48.2 Å². The van der Waals surface area contributed by atoms with Crippen LogP contribution in [0.25, 0.3) is 0 Å². The number of aryl methyl sites for hydroxylation is 2. The maximum absolute atomic E-state index is 11.0. The van der Waals surface area contributed by atoms with Crippen molar-refractivity contribution in [3.8, 4) is 0 Å². The molecular formula is C20H26N2O5S. The van der Waals surface area contributed by atoms with Gasteiger partial charge in [-0.3, -0.25) is 4.55 Å². The minimum absolute atomic E-state index is 0.0479. The summed E-state index contributed by atoms with van der Waals surface area (Å²) in [6, 6.07) is 14.1. The standard InChI is InChI=1S/C13H18N2O2.C7H8O3S/c1-9-4-2-3-5-10(9)11-8-15(13(16)17)7-6-12(11)14;1-6-2-4-7(5-3-6)11(8,9)10/h2-5,11-12H,6-8,14H2,1H3,(H,16,17);2-5H,1H3,(H,8,9,10). The van der Waals surface area contributed by atoms with E-state index in [-0.39, 0.29) is 16.9 Å². The molecule has 1 heterocycles. The van der Waals surface area contributed by atoms with Gasteiger partial charge in [0.2, 0.25) is 0 Å². The van der Waals surface area contributed by atoms with Crippen LogP contribution in [0, 0.1) is 13.8 Å². The summed E-state index contributed by atoms with van der Waals surface area (Å²) in [5, 5.41) is 9.04. The first kappa shape index (κ1) is 21.9. The number of amides is 1. The largest absolute Gasteiger partial charge is 0.465 e. The van der Waals surface area contributed by atoms with Crippen molar-refractivity contribution in [3.63, 3.8) is 0 Å². The molecule has 2 aromatic rings. The zero-order valence-corrected chi connectivity index (χ0v) is 16.8. The van der Waals surface area contributed by atoms with E-state index in [9.17, 15) is 13.2 Å². The van der Waals surface area contributed by atoms with Gasteiger partial charge in [0, 0.05) is 25.0 Å². The summed E-state index contributed by atoms with van der Waals surface area (Å²) in [7, 11) is -4.02. The van der Waals surface area contributed by atoms with Crippen molar-refractivity contribution < 1.29 is 22.9 Å². The second-order valence-electron chi connectivity index (χ2n) is 6.93. The molecule has 2 atom stereocenters. The number of carboxylic acid groups (broad SMARTS) is 1. The minimum Gasteiger partial charge on any atom is -0.465 e. The van der Waals surface area contributed by atoms with Crippen molar-refractivity contribution >= 4 is 16.2 Å². The molecule has 0 aromatic heterocycles. The van der Waals surface area contributed by atoms with Crippen LogP contribution >= 0.6 is 0 Å². The summed E-state index contributed by atoms with van der Waals surface area (Å²) in [5.74, 6) is 0.112. The lowest BCUT2D eigenvalue weighted by molar-refractivity contribution is 0.126. The molecule has 0 bridgehead atoms. The molecule has 7 nitrogen and oxygen atoms in total. The number of nitrogens with two attached hydrogens (primary N) is 1. The maximum Gasteiger partial charge on any atom is 0.407 e. The zero-order chi connectivity index (χ0) is 20.9. The van der Waals surface area contributed by atoms with Gasteiger partial charge in [0.15, 0.2) is 0 Å². The third-order valence-corrected chi connectivity index (χ3v) is 5.71. The molecule has 0 saturated carbocycles. The average molecular weight is 407 g/mol. The number of carbonyl (C=O) groups is 1. The lowest BCUT2D eigenvalue weighted by atomic mass is 9.84. The van der Waals surface area contributed by atoms with Crippen molar-refractivity contribution in [1.82, 2.24) is 4.90 Å². The highest BCUT2D eigenvalue weighted by atomic mass is 32.2. The molecule has 2 unspecified atom stereocenters. The Bertz CT molecular complexity index is 912. The number of benzene rings is 2. The molecule has 28 heavy (non-hydrogen) atoms. The van der Waals surface area contributed by atoms with Crippen LogP contribution in [0.5, 0.6) is 0 Å². The Balaban J connectivity index is 0.000000221. The number of likely N-dealkylation sites (tertiary alicyclic amines) is 1. The Morgan fingerprint density at radius 1 is 1.11 bits per heavy atom. The molecule has 4 N–H and O–H groups in total. The molecule has 8 heteroatoms. The van der Waals surface area contributed by atoms with E-state index >= 15 is 0 Å². The van der Waals surface area contributed by atoms with Gasteiger partial charge in [0.05, 0.1) is 4.90 Å². The van der Waals surface area contributed by atoms with E-state index in [1.165, 1.54) is 28.2 Å². The number of piperidine rings is 1. The molecular weight excluding hydrogens is 380 g/mol. The van der Waals surface area contributed by atoms with Crippen LogP contribution < -0.4 is 5.73 Å². The fourth-order valence-corrected chi connectivity index (χ4v) is 3.67. The summed E-state index contributed by atoms with van der Waals surface area (Å²) in [5.41, 5.74) is 9.43. The van der Waals surface area contributed by atoms with Crippen molar-refractivity contribution in [3.05, 3.63) is 65.2 Å². The first-order chi connectivity index (χ1) is 13.1. The predicted octanol–water partition coefficient (Wildman–Crippen LogP) is 3.03. The predicted molar refractivity (Wildman–Crippen MR) is 107 cm³/mol. The molecule has 0 aliphatic carbocycles. The Hall–Kier alpha value is -2.42. The quantitative estimate of drug-likeness (QED) is 0.659. The van der Waals surface area contributed by atoms with Crippen LogP contribution in [0.1, 0.15) is 29.0 Å². The molecule has 1 aliphatic rings. The SMILES string of the molecule is Cc1ccc(S(=O)(=O)O)cc1.Cc1ccccc1C1CN(C(=O)O)CCC1N. The second kappa shape index (κ2) is 9.18. The summed E-state index contributed by atoms with van der Waals surface area (Å²) in [6.45, 7) is 4.93. The van der Waals surface area contributed by atoms with Gasteiger partial charge in [-0.15, -0.1) is 0 Å². The average Bonchev–Trinajstić information content (AvgIpc) is 2.63. The van der Waals surface area contributed by atoms with Crippen molar-refractivity contribution in [1.29, 1.82) is 0 Å². The lowest BCUT2D eigenvalue weighted by Crippen LogP contribution is -2.47. The van der Waals surface area contributed by atoms with Gasteiger partial charge in [-0.2, -0.15) is 8.42 Å². The van der Waals surface area contributed by atoms with Crippen LogP contribution in [0.15, 0.2) is 53.4 Å².